The van der Waals surface area contributed by atoms with Crippen LogP contribution in [-0.4, -0.2) is 30.3 Å². The molecule has 4 aromatic carbocycles. The van der Waals surface area contributed by atoms with Gasteiger partial charge in [0, 0.05) is 68.1 Å². The molecule has 6 heteroatoms. The first-order chi connectivity index (χ1) is 22.0. The van der Waals surface area contributed by atoms with E-state index in [1.54, 1.807) is 55.0 Å². The number of benzene rings is 4. The van der Waals surface area contributed by atoms with E-state index in [9.17, 15) is 15.3 Å². The molecule has 0 aliphatic heterocycles. The minimum atomic E-state index is 0.123. The fourth-order valence-corrected chi connectivity index (χ4v) is 4.92. The summed E-state index contributed by atoms with van der Waals surface area (Å²) in [5.74, 6) is 19.5. The zero-order valence-corrected chi connectivity index (χ0v) is 23.6. The summed E-state index contributed by atoms with van der Waals surface area (Å²) >= 11 is 0. The molecule has 6 nitrogen and oxygen atoms in total. The molecule has 7 aromatic rings. The lowest BCUT2D eigenvalue weighted by Crippen LogP contribution is -1.87. The molecular formula is C39H21N3O3. The summed E-state index contributed by atoms with van der Waals surface area (Å²) in [6.45, 7) is 0. The lowest BCUT2D eigenvalue weighted by atomic mass is 10.0. The fourth-order valence-electron chi connectivity index (χ4n) is 4.92. The van der Waals surface area contributed by atoms with Gasteiger partial charge in [-0.2, -0.15) is 0 Å². The molecule has 0 saturated heterocycles. The van der Waals surface area contributed by atoms with Crippen LogP contribution < -0.4 is 0 Å². The Bertz CT molecular complexity index is 2210. The van der Waals surface area contributed by atoms with Crippen LogP contribution in [0, 0.1) is 35.5 Å². The van der Waals surface area contributed by atoms with E-state index in [2.05, 4.69) is 50.5 Å². The van der Waals surface area contributed by atoms with Crippen molar-refractivity contribution in [2.75, 3.05) is 0 Å². The van der Waals surface area contributed by atoms with Crippen LogP contribution in [0.25, 0.3) is 32.7 Å². The maximum Gasteiger partial charge on any atom is 0.141 e. The third-order valence-electron chi connectivity index (χ3n) is 7.06. The molecule has 210 valence electrons. The predicted molar refractivity (Wildman–Crippen MR) is 175 cm³/mol. The lowest BCUT2D eigenvalue weighted by Gasteiger charge is -2.01. The Hall–Kier alpha value is -6.81. The summed E-state index contributed by atoms with van der Waals surface area (Å²) < 4.78 is 0. The van der Waals surface area contributed by atoms with Crippen LogP contribution in [-0.2, 0) is 0 Å². The summed E-state index contributed by atoms with van der Waals surface area (Å²) in [6, 6.07) is 27.1. The van der Waals surface area contributed by atoms with Crippen molar-refractivity contribution in [1.82, 2.24) is 15.0 Å². The summed E-state index contributed by atoms with van der Waals surface area (Å²) in [5.41, 5.74) is 5.81. The average molecular weight is 580 g/mol. The second-order valence-corrected chi connectivity index (χ2v) is 10.3. The van der Waals surface area contributed by atoms with Gasteiger partial charge >= 0.3 is 0 Å². The quantitative estimate of drug-likeness (QED) is 0.174. The Morgan fingerprint density at radius 3 is 0.956 bits per heavy atom. The number of aromatic hydroxyl groups is 3. The summed E-state index contributed by atoms with van der Waals surface area (Å²) in [4.78, 5) is 13.1. The van der Waals surface area contributed by atoms with E-state index in [-0.39, 0.29) is 17.2 Å². The van der Waals surface area contributed by atoms with E-state index in [0.717, 1.165) is 16.2 Å². The molecule has 45 heavy (non-hydrogen) atoms. The van der Waals surface area contributed by atoms with E-state index in [1.807, 2.05) is 54.6 Å². The number of phenols is 3. The lowest BCUT2D eigenvalue weighted by molar-refractivity contribution is 0.480. The van der Waals surface area contributed by atoms with E-state index < -0.39 is 0 Å². The van der Waals surface area contributed by atoms with E-state index in [4.69, 9.17) is 0 Å². The second-order valence-electron chi connectivity index (χ2n) is 10.3. The molecule has 7 rings (SSSR count). The highest BCUT2D eigenvalue weighted by molar-refractivity contribution is 5.86. The van der Waals surface area contributed by atoms with Crippen molar-refractivity contribution in [2.24, 2.45) is 0 Å². The maximum atomic E-state index is 10.1. The van der Waals surface area contributed by atoms with Gasteiger partial charge in [0.1, 0.15) is 33.8 Å². The van der Waals surface area contributed by atoms with Gasteiger partial charge in [0.25, 0.3) is 0 Å². The first-order valence-corrected chi connectivity index (χ1v) is 13.9. The molecule has 0 bridgehead atoms. The summed E-state index contributed by atoms with van der Waals surface area (Å²) in [7, 11) is 0. The third-order valence-corrected chi connectivity index (χ3v) is 7.06. The molecular weight excluding hydrogens is 558 g/mol. The molecule has 0 radical (unpaired) electrons. The van der Waals surface area contributed by atoms with Gasteiger partial charge in [0.2, 0.25) is 0 Å². The Morgan fingerprint density at radius 2 is 0.644 bits per heavy atom. The molecule has 0 unspecified atom stereocenters. The number of phenolic OH excluding ortho intramolecular Hbond substituents is 3. The average Bonchev–Trinajstić information content (AvgIpc) is 3.06. The Labute approximate surface area is 258 Å². The molecule has 0 atom stereocenters. The van der Waals surface area contributed by atoms with Crippen LogP contribution in [0.4, 0.5) is 0 Å². The normalized spacial score (nSPS) is 10.4. The van der Waals surface area contributed by atoms with E-state index >= 15 is 0 Å². The van der Waals surface area contributed by atoms with Gasteiger partial charge in [-0.25, -0.2) is 0 Å². The van der Waals surface area contributed by atoms with Gasteiger partial charge in [0.05, 0.1) is 0 Å². The highest BCUT2D eigenvalue weighted by Crippen LogP contribution is 2.24. The van der Waals surface area contributed by atoms with Gasteiger partial charge in [-0.1, -0.05) is 71.9 Å². The van der Waals surface area contributed by atoms with Crippen LogP contribution in [0.2, 0.25) is 0 Å². The van der Waals surface area contributed by atoms with Crippen LogP contribution in [0.3, 0.4) is 0 Å². The van der Waals surface area contributed by atoms with Crippen LogP contribution >= 0.6 is 0 Å². The van der Waals surface area contributed by atoms with Crippen molar-refractivity contribution < 1.29 is 15.3 Å². The second kappa shape index (κ2) is 11.5. The molecule has 3 aromatic heterocycles. The van der Waals surface area contributed by atoms with E-state index in [0.29, 0.717) is 49.9 Å². The highest BCUT2D eigenvalue weighted by atomic mass is 16.3. The zero-order chi connectivity index (χ0) is 30.8. The van der Waals surface area contributed by atoms with Gasteiger partial charge in [-0.05, 0) is 54.6 Å². The Balaban J connectivity index is 1.27. The fraction of sp³-hybridized carbons (Fsp3) is 0. The van der Waals surface area contributed by atoms with Gasteiger partial charge < -0.3 is 15.3 Å². The monoisotopic (exact) mass is 579 g/mol. The standard InChI is InChI=1S/C39H21N3O3/c43-34-7-1-4-31-19-28(22-40-37(31)34)13-10-25-16-26(11-14-29-20-32-5-2-8-35(44)38(32)41-23-29)18-27(17-25)12-15-30-21-33-6-3-9-36(45)39(33)42-24-30/h1-9,16-24,43-45H. The largest absolute Gasteiger partial charge is 0.506 e. The third kappa shape index (κ3) is 5.79. The maximum absolute atomic E-state index is 10.1. The van der Waals surface area contributed by atoms with Gasteiger partial charge in [-0.3, -0.25) is 15.0 Å². The molecule has 0 spiro atoms. The molecule has 0 aliphatic rings. The number of para-hydroxylation sites is 3. The molecule has 0 saturated carbocycles. The van der Waals surface area contributed by atoms with E-state index in [1.165, 1.54) is 0 Å². The molecule has 0 amide bonds. The number of nitrogens with zero attached hydrogens (tertiary/aromatic N) is 3. The van der Waals surface area contributed by atoms with Crippen molar-refractivity contribution in [2.45, 2.75) is 0 Å². The molecule has 3 N–H and O–H groups in total. The minimum Gasteiger partial charge on any atom is -0.506 e. The van der Waals surface area contributed by atoms with Crippen molar-refractivity contribution in [3.05, 3.63) is 143 Å². The SMILES string of the molecule is Oc1cccc2cc(C#Cc3cc(C#Cc4cnc5c(O)cccc5c4)cc(C#Cc4cnc5c(O)cccc5c4)c3)cnc12. The first kappa shape index (κ1) is 27.0. The number of aromatic nitrogens is 3. The van der Waals surface area contributed by atoms with Crippen LogP contribution in [0.1, 0.15) is 33.4 Å². The molecule has 0 aliphatic carbocycles. The number of fused-ring (bicyclic) bond motifs is 3. The minimum absolute atomic E-state index is 0.123. The zero-order valence-electron chi connectivity index (χ0n) is 23.6. The topological polar surface area (TPSA) is 99.4 Å². The Morgan fingerprint density at radius 1 is 0.356 bits per heavy atom. The van der Waals surface area contributed by atoms with Crippen molar-refractivity contribution in [3.8, 4) is 52.8 Å². The van der Waals surface area contributed by atoms with Crippen molar-refractivity contribution in [3.63, 3.8) is 0 Å². The number of pyridine rings is 3. The molecule has 3 heterocycles. The number of hydrogen-bond donors (Lipinski definition) is 3. The smallest absolute Gasteiger partial charge is 0.141 e. The van der Waals surface area contributed by atoms with Crippen LogP contribution in [0.5, 0.6) is 17.2 Å². The van der Waals surface area contributed by atoms with Gasteiger partial charge in [-0.15, -0.1) is 0 Å². The van der Waals surface area contributed by atoms with Crippen molar-refractivity contribution in [1.29, 1.82) is 0 Å². The summed E-state index contributed by atoms with van der Waals surface area (Å²) in [6.07, 6.45) is 4.90. The predicted octanol–water partition coefficient (Wildman–Crippen LogP) is 6.65. The highest BCUT2D eigenvalue weighted by Gasteiger charge is 2.04. The van der Waals surface area contributed by atoms with Gasteiger partial charge in [0.15, 0.2) is 0 Å². The van der Waals surface area contributed by atoms with Crippen LogP contribution in [0.15, 0.2) is 110 Å². The molecule has 0 fully saturated rings. The van der Waals surface area contributed by atoms with Crippen molar-refractivity contribution >= 4 is 32.7 Å². The first-order valence-electron chi connectivity index (χ1n) is 13.9. The Kier molecular flexibility index (Phi) is 6.89. The number of rotatable bonds is 0. The number of hydrogen-bond acceptors (Lipinski definition) is 6. The summed E-state index contributed by atoms with van der Waals surface area (Å²) in [5, 5.41) is 32.6.